The van der Waals surface area contributed by atoms with E-state index >= 15 is 0 Å². The molecule has 3 N–H and O–H groups in total. The van der Waals surface area contributed by atoms with Gasteiger partial charge in [0.1, 0.15) is 5.75 Å². The van der Waals surface area contributed by atoms with Gasteiger partial charge in [0.2, 0.25) is 0 Å². The fourth-order valence-corrected chi connectivity index (χ4v) is 2.05. The summed E-state index contributed by atoms with van der Waals surface area (Å²) in [6.07, 6.45) is 4.38. The molecule has 1 aromatic rings. The van der Waals surface area contributed by atoms with Crippen LogP contribution in [0.5, 0.6) is 5.75 Å². The lowest BCUT2D eigenvalue weighted by Crippen LogP contribution is -2.37. The summed E-state index contributed by atoms with van der Waals surface area (Å²) in [7, 11) is 0. The van der Waals surface area contributed by atoms with E-state index in [1.165, 1.54) is 6.42 Å². The Balaban J connectivity index is 2.41. The molecule has 0 aromatic heterocycles. The molecule has 0 atom stereocenters. The molecule has 0 bridgehead atoms. The Morgan fingerprint density at radius 1 is 1.29 bits per heavy atom. The first kappa shape index (κ1) is 17.3. The normalized spacial score (nSPS) is 10.4. The van der Waals surface area contributed by atoms with E-state index in [2.05, 4.69) is 6.92 Å². The highest BCUT2D eigenvalue weighted by Crippen LogP contribution is 2.14. The van der Waals surface area contributed by atoms with Crippen LogP contribution in [0.2, 0.25) is 0 Å². The number of ether oxygens (including phenoxy) is 1. The Bertz CT molecular complexity index is 424. The first-order chi connectivity index (χ1) is 10.2. The number of nitrogens with zero attached hydrogens (tertiary/aromatic N) is 1. The average Bonchev–Trinajstić information content (AvgIpc) is 2.48. The Morgan fingerprint density at radius 2 is 2.10 bits per heavy atom. The van der Waals surface area contributed by atoms with Crippen molar-refractivity contribution in [3.05, 3.63) is 24.3 Å². The maximum absolute atomic E-state index is 12.1. The molecule has 0 spiro atoms. The van der Waals surface area contributed by atoms with E-state index in [0.29, 0.717) is 24.5 Å². The predicted octanol–water partition coefficient (Wildman–Crippen LogP) is 2.05. The van der Waals surface area contributed by atoms with Gasteiger partial charge >= 0.3 is 0 Å². The molecule has 0 saturated carbocycles. The third-order valence-electron chi connectivity index (χ3n) is 3.22. The van der Waals surface area contributed by atoms with Crippen LogP contribution in [0.3, 0.4) is 0 Å². The molecule has 0 unspecified atom stereocenters. The molecule has 1 amide bonds. The monoisotopic (exact) mass is 294 g/mol. The van der Waals surface area contributed by atoms with Crippen molar-refractivity contribution in [1.82, 2.24) is 4.90 Å². The molecule has 5 nitrogen and oxygen atoms in total. The second kappa shape index (κ2) is 10.0. The van der Waals surface area contributed by atoms with E-state index in [4.69, 9.17) is 15.6 Å². The van der Waals surface area contributed by atoms with Crippen molar-refractivity contribution >= 4 is 11.6 Å². The van der Waals surface area contributed by atoms with E-state index in [1.54, 1.807) is 29.2 Å². The molecular weight excluding hydrogens is 268 g/mol. The summed E-state index contributed by atoms with van der Waals surface area (Å²) >= 11 is 0. The van der Waals surface area contributed by atoms with Crippen molar-refractivity contribution in [2.45, 2.75) is 32.6 Å². The van der Waals surface area contributed by atoms with Gasteiger partial charge in [-0.3, -0.25) is 4.79 Å². The minimum absolute atomic E-state index is 0.0300. The van der Waals surface area contributed by atoms with Crippen LogP contribution in [0.25, 0.3) is 0 Å². The number of nitrogens with two attached hydrogens (primary N) is 1. The van der Waals surface area contributed by atoms with Crippen LogP contribution in [0.1, 0.15) is 32.6 Å². The van der Waals surface area contributed by atoms with Gasteiger partial charge in [-0.2, -0.15) is 0 Å². The van der Waals surface area contributed by atoms with Crippen LogP contribution in [0.4, 0.5) is 5.69 Å². The van der Waals surface area contributed by atoms with E-state index in [0.717, 1.165) is 19.3 Å². The summed E-state index contributed by atoms with van der Waals surface area (Å²) in [5.74, 6) is 0.473. The number of benzene rings is 1. The lowest BCUT2D eigenvalue weighted by atomic mass is 10.2. The molecule has 0 saturated heterocycles. The number of hydrogen-bond acceptors (Lipinski definition) is 4. The van der Waals surface area contributed by atoms with E-state index < -0.39 is 0 Å². The van der Waals surface area contributed by atoms with Gasteiger partial charge in [-0.15, -0.1) is 0 Å². The standard InChI is InChI=1S/C16H26N2O3/c1-2-3-4-5-9-18(10-11-19)16(20)13-21-15-8-6-7-14(17)12-15/h6-8,12,19H,2-5,9-11,13,17H2,1H3. The molecule has 0 radical (unpaired) electrons. The van der Waals surface area contributed by atoms with E-state index in [1.807, 2.05) is 0 Å². The largest absolute Gasteiger partial charge is 0.484 e. The number of anilines is 1. The molecule has 0 aliphatic rings. The van der Waals surface area contributed by atoms with Crippen molar-refractivity contribution in [2.24, 2.45) is 0 Å². The Kier molecular flexibility index (Phi) is 8.28. The molecule has 0 aliphatic carbocycles. The van der Waals surface area contributed by atoms with Gasteiger partial charge in [-0.25, -0.2) is 0 Å². The molecule has 1 aromatic carbocycles. The second-order valence-corrected chi connectivity index (χ2v) is 5.03. The van der Waals surface area contributed by atoms with Gasteiger partial charge in [0.05, 0.1) is 6.61 Å². The molecule has 5 heteroatoms. The average molecular weight is 294 g/mol. The van der Waals surface area contributed by atoms with E-state index in [9.17, 15) is 4.79 Å². The summed E-state index contributed by atoms with van der Waals surface area (Å²) in [4.78, 5) is 13.8. The van der Waals surface area contributed by atoms with Crippen LogP contribution in [-0.2, 0) is 4.79 Å². The Hall–Kier alpha value is -1.75. The van der Waals surface area contributed by atoms with Gasteiger partial charge < -0.3 is 20.5 Å². The zero-order valence-electron chi connectivity index (χ0n) is 12.8. The van der Waals surface area contributed by atoms with E-state index in [-0.39, 0.29) is 19.1 Å². The van der Waals surface area contributed by atoms with Gasteiger partial charge in [0.25, 0.3) is 5.91 Å². The third kappa shape index (κ3) is 6.99. The minimum atomic E-state index is -0.108. The lowest BCUT2D eigenvalue weighted by Gasteiger charge is -2.21. The maximum atomic E-state index is 12.1. The fourth-order valence-electron chi connectivity index (χ4n) is 2.05. The minimum Gasteiger partial charge on any atom is -0.484 e. The molecular formula is C16H26N2O3. The molecule has 21 heavy (non-hydrogen) atoms. The van der Waals surface area contributed by atoms with Crippen molar-refractivity contribution in [3.63, 3.8) is 0 Å². The zero-order chi connectivity index (χ0) is 15.5. The molecule has 0 fully saturated rings. The summed E-state index contributed by atoms with van der Waals surface area (Å²) in [5.41, 5.74) is 6.26. The number of rotatable bonds is 10. The van der Waals surface area contributed by atoms with Crippen molar-refractivity contribution in [1.29, 1.82) is 0 Å². The maximum Gasteiger partial charge on any atom is 0.260 e. The predicted molar refractivity (Wildman–Crippen MR) is 84.2 cm³/mol. The fraction of sp³-hybridized carbons (Fsp3) is 0.562. The molecule has 0 heterocycles. The number of unbranched alkanes of at least 4 members (excludes halogenated alkanes) is 3. The first-order valence-electron chi connectivity index (χ1n) is 7.54. The Morgan fingerprint density at radius 3 is 2.76 bits per heavy atom. The van der Waals surface area contributed by atoms with Gasteiger partial charge in [-0.1, -0.05) is 32.3 Å². The summed E-state index contributed by atoms with van der Waals surface area (Å²) in [6.45, 7) is 3.11. The third-order valence-corrected chi connectivity index (χ3v) is 3.22. The smallest absolute Gasteiger partial charge is 0.260 e. The van der Waals surface area contributed by atoms with Crippen LogP contribution in [0, 0.1) is 0 Å². The molecule has 0 aliphatic heterocycles. The summed E-state index contributed by atoms with van der Waals surface area (Å²) in [6, 6.07) is 7.00. The van der Waals surface area contributed by atoms with Crippen LogP contribution >= 0.6 is 0 Å². The molecule has 1 rings (SSSR count). The SMILES string of the molecule is CCCCCCN(CCO)C(=O)COc1cccc(N)c1. The van der Waals surface area contributed by atoms with Gasteiger partial charge in [0, 0.05) is 24.8 Å². The quantitative estimate of drug-likeness (QED) is 0.511. The number of nitrogen functional groups attached to an aromatic ring is 1. The number of amides is 1. The van der Waals surface area contributed by atoms with Crippen LogP contribution in [-0.4, -0.2) is 42.2 Å². The lowest BCUT2D eigenvalue weighted by molar-refractivity contribution is -0.134. The topological polar surface area (TPSA) is 75.8 Å². The first-order valence-corrected chi connectivity index (χ1v) is 7.54. The van der Waals surface area contributed by atoms with Crippen LogP contribution < -0.4 is 10.5 Å². The highest BCUT2D eigenvalue weighted by molar-refractivity contribution is 5.77. The highest BCUT2D eigenvalue weighted by atomic mass is 16.5. The van der Waals surface area contributed by atoms with Crippen molar-refractivity contribution < 1.29 is 14.6 Å². The number of carbonyl (C=O) groups excluding carboxylic acids is 1. The summed E-state index contributed by atoms with van der Waals surface area (Å²) < 4.78 is 5.45. The number of hydrogen-bond donors (Lipinski definition) is 2. The summed E-state index contributed by atoms with van der Waals surface area (Å²) in [5, 5.41) is 9.06. The number of aliphatic hydroxyl groups excluding tert-OH is 1. The highest BCUT2D eigenvalue weighted by Gasteiger charge is 2.13. The van der Waals surface area contributed by atoms with Gasteiger partial charge in [0.15, 0.2) is 6.61 Å². The Labute approximate surface area is 126 Å². The van der Waals surface area contributed by atoms with Crippen LogP contribution in [0.15, 0.2) is 24.3 Å². The van der Waals surface area contributed by atoms with Crippen molar-refractivity contribution in [2.75, 3.05) is 32.0 Å². The van der Waals surface area contributed by atoms with Gasteiger partial charge in [-0.05, 0) is 18.6 Å². The number of carbonyl (C=O) groups is 1. The number of aliphatic hydroxyl groups is 1. The molecule has 118 valence electrons. The zero-order valence-corrected chi connectivity index (χ0v) is 12.8. The second-order valence-electron chi connectivity index (χ2n) is 5.03. The van der Waals surface area contributed by atoms with Crippen molar-refractivity contribution in [3.8, 4) is 5.75 Å².